The molecule has 0 aromatic heterocycles. The Balaban J connectivity index is 4.30. The summed E-state index contributed by atoms with van der Waals surface area (Å²) >= 11 is 0. The maximum absolute atomic E-state index is 11.3. The summed E-state index contributed by atoms with van der Waals surface area (Å²) in [5, 5.41) is 14.1. The molecule has 0 aromatic carbocycles. The van der Waals surface area contributed by atoms with Crippen molar-refractivity contribution in [1.29, 1.82) is 0 Å². The zero-order valence-electron chi connectivity index (χ0n) is 8.95. The highest BCUT2D eigenvalue weighted by Crippen LogP contribution is 1.99. The van der Waals surface area contributed by atoms with Crippen LogP contribution in [0.3, 0.4) is 0 Å². The van der Waals surface area contributed by atoms with Crippen molar-refractivity contribution in [3.63, 3.8) is 0 Å². The minimum atomic E-state index is -0.361. The minimum Gasteiger partial charge on any atom is -0.409 e. The second-order valence-electron chi connectivity index (χ2n) is 3.53. The monoisotopic (exact) mass is 201 g/mol. The third-order valence-corrected chi connectivity index (χ3v) is 1.89. The molecule has 5 heteroatoms. The Morgan fingerprint density at radius 2 is 2.14 bits per heavy atom. The smallest absolute Gasteiger partial charge is 0.223 e. The Morgan fingerprint density at radius 1 is 1.57 bits per heavy atom. The highest BCUT2D eigenvalue weighted by Gasteiger charge is 2.17. The fraction of sp³-hybridized carbons (Fsp3) is 0.778. The van der Waals surface area contributed by atoms with Crippen molar-refractivity contribution in [3.05, 3.63) is 0 Å². The van der Waals surface area contributed by atoms with Gasteiger partial charge in [0, 0.05) is 5.92 Å². The van der Waals surface area contributed by atoms with Crippen molar-refractivity contribution >= 4 is 11.7 Å². The van der Waals surface area contributed by atoms with E-state index in [9.17, 15) is 4.79 Å². The molecule has 0 aliphatic rings. The first kappa shape index (κ1) is 12.7. The number of hydrogen-bond acceptors (Lipinski definition) is 3. The molecule has 0 radical (unpaired) electrons. The van der Waals surface area contributed by atoms with E-state index in [1.165, 1.54) is 0 Å². The molecule has 0 aliphatic carbocycles. The molecule has 0 bridgehead atoms. The summed E-state index contributed by atoms with van der Waals surface area (Å²) in [7, 11) is 0. The van der Waals surface area contributed by atoms with E-state index < -0.39 is 0 Å². The van der Waals surface area contributed by atoms with Crippen LogP contribution in [0.5, 0.6) is 0 Å². The van der Waals surface area contributed by atoms with Crippen LogP contribution in [-0.4, -0.2) is 23.0 Å². The Morgan fingerprint density at radius 3 is 2.50 bits per heavy atom. The molecule has 14 heavy (non-hydrogen) atoms. The van der Waals surface area contributed by atoms with Crippen LogP contribution in [-0.2, 0) is 4.79 Å². The van der Waals surface area contributed by atoms with E-state index in [2.05, 4.69) is 10.5 Å². The Kier molecular flexibility index (Phi) is 5.67. The number of nitrogens with one attached hydrogen (secondary N) is 1. The minimum absolute atomic E-state index is 0.0563. The van der Waals surface area contributed by atoms with Crippen LogP contribution in [0.15, 0.2) is 5.16 Å². The molecule has 0 fully saturated rings. The van der Waals surface area contributed by atoms with Gasteiger partial charge in [-0.1, -0.05) is 32.3 Å². The molecule has 0 rings (SSSR count). The first-order valence-electron chi connectivity index (χ1n) is 4.80. The standard InChI is InChI=1S/C9H19N3O2/c1-4-5-7(8(10)12-14)11-9(13)6(2)3/h6-7,14H,4-5H2,1-3H3,(H2,10,12)(H,11,13). The summed E-state index contributed by atoms with van der Waals surface area (Å²) in [5.41, 5.74) is 5.44. The second-order valence-corrected chi connectivity index (χ2v) is 3.53. The largest absolute Gasteiger partial charge is 0.409 e. The predicted molar refractivity (Wildman–Crippen MR) is 55.1 cm³/mol. The van der Waals surface area contributed by atoms with Crippen molar-refractivity contribution in [2.45, 2.75) is 39.7 Å². The average Bonchev–Trinajstić information content (AvgIpc) is 2.15. The van der Waals surface area contributed by atoms with Crippen molar-refractivity contribution in [1.82, 2.24) is 5.32 Å². The molecule has 1 unspecified atom stereocenters. The fourth-order valence-corrected chi connectivity index (χ4v) is 0.991. The third-order valence-electron chi connectivity index (χ3n) is 1.89. The number of nitrogens with two attached hydrogens (primary N) is 1. The molecule has 1 atom stereocenters. The molecular formula is C9H19N3O2. The van der Waals surface area contributed by atoms with Gasteiger partial charge in [-0.25, -0.2) is 0 Å². The molecule has 0 spiro atoms. The summed E-state index contributed by atoms with van der Waals surface area (Å²) in [6, 6.07) is -0.361. The van der Waals surface area contributed by atoms with Crippen LogP contribution in [0.1, 0.15) is 33.6 Å². The van der Waals surface area contributed by atoms with E-state index in [-0.39, 0.29) is 23.7 Å². The lowest BCUT2D eigenvalue weighted by Gasteiger charge is -2.17. The van der Waals surface area contributed by atoms with Gasteiger partial charge in [-0.3, -0.25) is 4.79 Å². The van der Waals surface area contributed by atoms with Crippen LogP contribution < -0.4 is 11.1 Å². The van der Waals surface area contributed by atoms with Gasteiger partial charge in [-0.2, -0.15) is 0 Å². The Hall–Kier alpha value is -1.26. The lowest BCUT2D eigenvalue weighted by Crippen LogP contribution is -2.45. The van der Waals surface area contributed by atoms with Crippen molar-refractivity contribution < 1.29 is 10.0 Å². The maximum Gasteiger partial charge on any atom is 0.223 e. The highest BCUT2D eigenvalue weighted by molar-refractivity contribution is 5.90. The number of carbonyl (C=O) groups is 1. The van der Waals surface area contributed by atoms with E-state index in [0.29, 0.717) is 6.42 Å². The summed E-state index contributed by atoms with van der Waals surface area (Å²) in [6.07, 6.45) is 1.54. The maximum atomic E-state index is 11.3. The summed E-state index contributed by atoms with van der Waals surface area (Å²) < 4.78 is 0. The number of amides is 1. The molecule has 5 nitrogen and oxygen atoms in total. The van der Waals surface area contributed by atoms with Gasteiger partial charge >= 0.3 is 0 Å². The molecule has 4 N–H and O–H groups in total. The molecule has 0 aromatic rings. The molecule has 1 amide bonds. The quantitative estimate of drug-likeness (QED) is 0.264. The molecule has 82 valence electrons. The van der Waals surface area contributed by atoms with Crippen LogP contribution in [0.25, 0.3) is 0 Å². The van der Waals surface area contributed by atoms with Crippen LogP contribution >= 0.6 is 0 Å². The van der Waals surface area contributed by atoms with E-state index in [1.807, 2.05) is 6.92 Å². The predicted octanol–water partition coefficient (Wildman–Crippen LogP) is 0.674. The third kappa shape index (κ3) is 4.11. The zero-order chi connectivity index (χ0) is 11.1. The van der Waals surface area contributed by atoms with Crippen molar-refractivity contribution in [2.24, 2.45) is 16.8 Å². The van der Waals surface area contributed by atoms with Gasteiger partial charge in [0.1, 0.15) is 0 Å². The van der Waals surface area contributed by atoms with Gasteiger partial charge in [-0.15, -0.1) is 0 Å². The lowest BCUT2D eigenvalue weighted by atomic mass is 10.1. The van der Waals surface area contributed by atoms with Crippen molar-refractivity contribution in [3.8, 4) is 0 Å². The SMILES string of the molecule is CCCC(NC(=O)C(C)C)/C(N)=N/O. The molecular weight excluding hydrogens is 182 g/mol. The first-order chi connectivity index (χ1) is 6.52. The van der Waals surface area contributed by atoms with Gasteiger partial charge in [0.15, 0.2) is 5.84 Å². The molecule has 0 saturated heterocycles. The second kappa shape index (κ2) is 6.23. The molecule has 0 aliphatic heterocycles. The van der Waals surface area contributed by atoms with Gasteiger partial charge in [-0.05, 0) is 6.42 Å². The van der Waals surface area contributed by atoms with Crippen LogP contribution in [0.2, 0.25) is 0 Å². The Labute approximate surface area is 84.4 Å². The number of carbonyl (C=O) groups excluding carboxylic acids is 1. The van der Waals surface area contributed by atoms with Crippen LogP contribution in [0.4, 0.5) is 0 Å². The van der Waals surface area contributed by atoms with Gasteiger partial charge in [0.05, 0.1) is 6.04 Å². The topological polar surface area (TPSA) is 87.7 Å². The van der Waals surface area contributed by atoms with E-state index in [4.69, 9.17) is 10.9 Å². The Bertz CT molecular complexity index is 214. The van der Waals surface area contributed by atoms with E-state index in [1.54, 1.807) is 13.8 Å². The van der Waals surface area contributed by atoms with Gasteiger partial charge < -0.3 is 16.3 Å². The normalized spacial score (nSPS) is 14.1. The van der Waals surface area contributed by atoms with E-state index >= 15 is 0 Å². The van der Waals surface area contributed by atoms with E-state index in [0.717, 1.165) is 6.42 Å². The summed E-state index contributed by atoms with van der Waals surface area (Å²) in [4.78, 5) is 11.3. The summed E-state index contributed by atoms with van der Waals surface area (Å²) in [5.74, 6) is -0.128. The van der Waals surface area contributed by atoms with Crippen LogP contribution in [0, 0.1) is 5.92 Å². The number of oxime groups is 1. The zero-order valence-corrected chi connectivity index (χ0v) is 8.95. The number of nitrogens with zero attached hydrogens (tertiary/aromatic N) is 1. The summed E-state index contributed by atoms with van der Waals surface area (Å²) in [6.45, 7) is 5.56. The van der Waals surface area contributed by atoms with Gasteiger partial charge in [0.25, 0.3) is 0 Å². The molecule has 0 heterocycles. The first-order valence-corrected chi connectivity index (χ1v) is 4.80. The lowest BCUT2D eigenvalue weighted by molar-refractivity contribution is -0.124. The fourth-order valence-electron chi connectivity index (χ4n) is 0.991. The average molecular weight is 201 g/mol. The molecule has 0 saturated carbocycles. The number of hydrogen-bond donors (Lipinski definition) is 3. The van der Waals surface area contributed by atoms with Gasteiger partial charge in [0.2, 0.25) is 5.91 Å². The number of amidine groups is 1. The van der Waals surface area contributed by atoms with Crippen molar-refractivity contribution in [2.75, 3.05) is 0 Å². The highest BCUT2D eigenvalue weighted by atomic mass is 16.4. The number of rotatable bonds is 5.